The van der Waals surface area contributed by atoms with Crippen molar-refractivity contribution in [2.75, 3.05) is 11.1 Å². The number of halogens is 1. The van der Waals surface area contributed by atoms with Crippen LogP contribution >= 0.6 is 15.9 Å². The second-order valence-electron chi connectivity index (χ2n) is 4.06. The molecule has 0 aliphatic carbocycles. The number of rotatable bonds is 4. The molecule has 2 aromatic rings. The van der Waals surface area contributed by atoms with Crippen LogP contribution in [-0.4, -0.2) is 4.98 Å². The zero-order chi connectivity index (χ0) is 13.0. The molecule has 0 spiro atoms. The monoisotopic (exact) mass is 305 g/mol. The molecule has 4 heteroatoms. The SMILES string of the molecule is CCc1cccnc1CNc1ccc(N)cc1Br. The van der Waals surface area contributed by atoms with Gasteiger partial charge in [-0.3, -0.25) is 4.98 Å². The molecular formula is C14H16BrN3. The Kier molecular flexibility index (Phi) is 4.20. The second-order valence-corrected chi connectivity index (χ2v) is 4.91. The number of nitrogens with one attached hydrogen (secondary N) is 1. The summed E-state index contributed by atoms with van der Waals surface area (Å²) in [5, 5.41) is 3.37. The Morgan fingerprint density at radius 3 is 2.89 bits per heavy atom. The van der Waals surface area contributed by atoms with Crippen molar-refractivity contribution in [1.82, 2.24) is 4.98 Å². The van der Waals surface area contributed by atoms with Crippen LogP contribution in [-0.2, 0) is 13.0 Å². The maximum Gasteiger partial charge on any atom is 0.0626 e. The van der Waals surface area contributed by atoms with Gasteiger partial charge in [-0.05, 0) is 52.2 Å². The average Bonchev–Trinajstić information content (AvgIpc) is 2.38. The van der Waals surface area contributed by atoms with Crippen LogP contribution in [0.4, 0.5) is 11.4 Å². The van der Waals surface area contributed by atoms with Gasteiger partial charge in [-0.15, -0.1) is 0 Å². The topological polar surface area (TPSA) is 50.9 Å². The Labute approximate surface area is 116 Å². The van der Waals surface area contributed by atoms with E-state index in [1.54, 1.807) is 0 Å². The Morgan fingerprint density at radius 1 is 1.33 bits per heavy atom. The van der Waals surface area contributed by atoms with E-state index in [4.69, 9.17) is 5.73 Å². The molecule has 0 unspecified atom stereocenters. The number of nitrogen functional groups attached to an aromatic ring is 1. The molecule has 0 fully saturated rings. The van der Waals surface area contributed by atoms with Crippen LogP contribution < -0.4 is 11.1 Å². The molecule has 18 heavy (non-hydrogen) atoms. The average molecular weight is 306 g/mol. The molecule has 1 heterocycles. The molecule has 0 aliphatic rings. The molecular weight excluding hydrogens is 290 g/mol. The van der Waals surface area contributed by atoms with Crippen molar-refractivity contribution < 1.29 is 0 Å². The summed E-state index contributed by atoms with van der Waals surface area (Å²) in [4.78, 5) is 4.41. The normalized spacial score (nSPS) is 10.3. The van der Waals surface area contributed by atoms with Crippen LogP contribution in [0, 0.1) is 0 Å². The summed E-state index contributed by atoms with van der Waals surface area (Å²) in [7, 11) is 0. The van der Waals surface area contributed by atoms with Crippen molar-refractivity contribution in [2.24, 2.45) is 0 Å². The summed E-state index contributed by atoms with van der Waals surface area (Å²) in [6.45, 7) is 2.85. The fourth-order valence-electron chi connectivity index (χ4n) is 1.81. The van der Waals surface area contributed by atoms with Crippen LogP contribution in [0.15, 0.2) is 41.0 Å². The predicted octanol–water partition coefficient (Wildman–Crippen LogP) is 3.60. The van der Waals surface area contributed by atoms with E-state index < -0.39 is 0 Å². The number of hydrogen-bond acceptors (Lipinski definition) is 3. The van der Waals surface area contributed by atoms with Crippen molar-refractivity contribution in [2.45, 2.75) is 19.9 Å². The van der Waals surface area contributed by atoms with Gasteiger partial charge in [-0.1, -0.05) is 13.0 Å². The van der Waals surface area contributed by atoms with E-state index in [0.717, 1.165) is 28.0 Å². The number of pyridine rings is 1. The molecule has 0 atom stereocenters. The summed E-state index contributed by atoms with van der Waals surface area (Å²) in [6, 6.07) is 9.82. The minimum atomic E-state index is 0.715. The maximum atomic E-state index is 5.71. The highest BCUT2D eigenvalue weighted by molar-refractivity contribution is 9.10. The van der Waals surface area contributed by atoms with E-state index in [9.17, 15) is 0 Å². The molecule has 0 saturated carbocycles. The van der Waals surface area contributed by atoms with E-state index in [1.807, 2.05) is 30.5 Å². The zero-order valence-corrected chi connectivity index (χ0v) is 11.9. The third-order valence-corrected chi connectivity index (χ3v) is 3.46. The number of anilines is 2. The van der Waals surface area contributed by atoms with Crippen LogP contribution in [0.1, 0.15) is 18.2 Å². The summed E-state index contributed by atoms with van der Waals surface area (Å²) in [5.74, 6) is 0. The van der Waals surface area contributed by atoms with Gasteiger partial charge in [0.1, 0.15) is 0 Å². The van der Waals surface area contributed by atoms with Crippen LogP contribution in [0.25, 0.3) is 0 Å². The highest BCUT2D eigenvalue weighted by atomic mass is 79.9. The van der Waals surface area contributed by atoms with E-state index in [2.05, 4.69) is 39.2 Å². The largest absolute Gasteiger partial charge is 0.399 e. The lowest BCUT2D eigenvalue weighted by Gasteiger charge is -2.11. The first-order valence-electron chi connectivity index (χ1n) is 5.92. The lowest BCUT2D eigenvalue weighted by Crippen LogP contribution is -2.05. The van der Waals surface area contributed by atoms with E-state index >= 15 is 0 Å². The summed E-state index contributed by atoms with van der Waals surface area (Å²) >= 11 is 3.49. The lowest BCUT2D eigenvalue weighted by molar-refractivity contribution is 0.971. The van der Waals surface area contributed by atoms with E-state index in [-0.39, 0.29) is 0 Å². The number of nitrogens with two attached hydrogens (primary N) is 1. The van der Waals surface area contributed by atoms with E-state index in [0.29, 0.717) is 6.54 Å². The van der Waals surface area contributed by atoms with Gasteiger partial charge in [-0.25, -0.2) is 0 Å². The molecule has 0 amide bonds. The Morgan fingerprint density at radius 2 is 2.17 bits per heavy atom. The van der Waals surface area contributed by atoms with Crippen molar-refractivity contribution >= 4 is 27.3 Å². The molecule has 0 saturated heterocycles. The van der Waals surface area contributed by atoms with Crippen molar-refractivity contribution in [3.05, 3.63) is 52.3 Å². The molecule has 1 aromatic heterocycles. The van der Waals surface area contributed by atoms with E-state index in [1.165, 1.54) is 5.56 Å². The van der Waals surface area contributed by atoms with Gasteiger partial charge in [-0.2, -0.15) is 0 Å². The first-order valence-corrected chi connectivity index (χ1v) is 6.71. The molecule has 3 N–H and O–H groups in total. The summed E-state index contributed by atoms with van der Waals surface area (Å²) in [6.07, 6.45) is 2.82. The number of nitrogens with zero attached hydrogens (tertiary/aromatic N) is 1. The number of aryl methyl sites for hydroxylation is 1. The highest BCUT2D eigenvalue weighted by Gasteiger charge is 2.03. The molecule has 0 bridgehead atoms. The minimum absolute atomic E-state index is 0.715. The molecule has 3 nitrogen and oxygen atoms in total. The molecule has 0 aliphatic heterocycles. The van der Waals surface area contributed by atoms with Crippen molar-refractivity contribution in [1.29, 1.82) is 0 Å². The minimum Gasteiger partial charge on any atom is -0.399 e. The Hall–Kier alpha value is -1.55. The predicted molar refractivity (Wildman–Crippen MR) is 79.5 cm³/mol. The standard InChI is InChI=1S/C14H16BrN3/c1-2-10-4-3-7-17-14(10)9-18-13-6-5-11(16)8-12(13)15/h3-8,18H,2,9,16H2,1H3. The lowest BCUT2D eigenvalue weighted by atomic mass is 10.1. The third kappa shape index (κ3) is 3.01. The highest BCUT2D eigenvalue weighted by Crippen LogP contribution is 2.25. The third-order valence-electron chi connectivity index (χ3n) is 2.80. The quantitative estimate of drug-likeness (QED) is 0.849. The van der Waals surface area contributed by atoms with Gasteiger partial charge in [0.05, 0.1) is 12.2 Å². The van der Waals surface area contributed by atoms with Crippen molar-refractivity contribution in [3.8, 4) is 0 Å². The maximum absolute atomic E-state index is 5.71. The number of aromatic nitrogens is 1. The molecule has 0 radical (unpaired) electrons. The van der Waals surface area contributed by atoms with Crippen molar-refractivity contribution in [3.63, 3.8) is 0 Å². The number of benzene rings is 1. The van der Waals surface area contributed by atoms with Crippen LogP contribution in [0.5, 0.6) is 0 Å². The van der Waals surface area contributed by atoms with Gasteiger partial charge in [0.15, 0.2) is 0 Å². The fourth-order valence-corrected chi connectivity index (χ4v) is 2.34. The van der Waals surface area contributed by atoms with Crippen LogP contribution in [0.3, 0.4) is 0 Å². The molecule has 94 valence electrons. The summed E-state index contributed by atoms with van der Waals surface area (Å²) in [5.41, 5.74) is 9.85. The molecule has 1 aromatic carbocycles. The van der Waals surface area contributed by atoms with Gasteiger partial charge < -0.3 is 11.1 Å². The Balaban J connectivity index is 2.11. The Bertz CT molecular complexity index is 540. The van der Waals surface area contributed by atoms with Gasteiger partial charge >= 0.3 is 0 Å². The second kappa shape index (κ2) is 5.87. The first kappa shape index (κ1) is 12.9. The smallest absolute Gasteiger partial charge is 0.0626 e. The fraction of sp³-hybridized carbons (Fsp3) is 0.214. The van der Waals surface area contributed by atoms with Gasteiger partial charge in [0.2, 0.25) is 0 Å². The zero-order valence-electron chi connectivity index (χ0n) is 10.3. The van der Waals surface area contributed by atoms with Gasteiger partial charge in [0.25, 0.3) is 0 Å². The first-order chi connectivity index (χ1) is 8.70. The van der Waals surface area contributed by atoms with Gasteiger partial charge in [0, 0.05) is 22.0 Å². The molecule has 2 rings (SSSR count). The van der Waals surface area contributed by atoms with Crippen LogP contribution in [0.2, 0.25) is 0 Å². The number of hydrogen-bond donors (Lipinski definition) is 2. The summed E-state index contributed by atoms with van der Waals surface area (Å²) < 4.78 is 0.969.